The largest absolute Gasteiger partial charge is 0.323 e. The molecule has 1 aliphatic carbocycles. The van der Waals surface area contributed by atoms with Crippen molar-refractivity contribution in [3.8, 4) is 0 Å². The summed E-state index contributed by atoms with van der Waals surface area (Å²) < 4.78 is 27.4. The van der Waals surface area contributed by atoms with Gasteiger partial charge in [-0.15, -0.1) is 11.8 Å². The number of carbonyl (C=O) groups is 2. The maximum absolute atomic E-state index is 14.5. The Labute approximate surface area is 239 Å². The summed E-state index contributed by atoms with van der Waals surface area (Å²) in [6.45, 7) is 1.81. The highest BCUT2D eigenvalue weighted by molar-refractivity contribution is 7.99. The van der Waals surface area contributed by atoms with Gasteiger partial charge in [0.25, 0.3) is 5.91 Å². The van der Waals surface area contributed by atoms with Gasteiger partial charge in [0.15, 0.2) is 5.37 Å². The molecule has 3 aliphatic heterocycles. The van der Waals surface area contributed by atoms with E-state index in [0.29, 0.717) is 17.9 Å². The fraction of sp³-hybridized carbons (Fsp3) is 0.290. The van der Waals surface area contributed by atoms with Crippen molar-refractivity contribution in [1.29, 1.82) is 0 Å². The zero-order valence-electron chi connectivity index (χ0n) is 22.2. The summed E-state index contributed by atoms with van der Waals surface area (Å²) in [5, 5.41) is -0.767. The number of para-hydroxylation sites is 1. The number of nitrogens with zero attached hydrogens (tertiary/aromatic N) is 3. The monoisotopic (exact) mass is 571 g/mol. The van der Waals surface area contributed by atoms with Gasteiger partial charge in [-0.3, -0.25) is 9.59 Å². The van der Waals surface area contributed by atoms with E-state index < -0.39 is 33.4 Å². The van der Waals surface area contributed by atoms with Crippen LogP contribution in [0.1, 0.15) is 35.6 Å². The number of hydrogen-bond acceptors (Lipinski definition) is 5. The number of anilines is 1. The smallest absolute Gasteiger partial charge is 0.258 e. The summed E-state index contributed by atoms with van der Waals surface area (Å²) in [4.78, 5) is 31.9. The minimum Gasteiger partial charge on any atom is -0.323 e. The number of carbonyl (C=O) groups excluding carboxylic acids is 2. The van der Waals surface area contributed by atoms with Gasteiger partial charge < -0.3 is 9.80 Å². The number of benzene rings is 3. The van der Waals surface area contributed by atoms with Crippen molar-refractivity contribution in [1.82, 2.24) is 9.80 Å². The summed E-state index contributed by atoms with van der Waals surface area (Å²) >= 11 is 1.40. The van der Waals surface area contributed by atoms with Crippen LogP contribution in [0.25, 0.3) is 5.57 Å². The predicted molar refractivity (Wildman–Crippen MR) is 157 cm³/mol. The van der Waals surface area contributed by atoms with Gasteiger partial charge in [-0.25, -0.2) is 12.7 Å². The molecule has 4 atom stereocenters. The van der Waals surface area contributed by atoms with Crippen LogP contribution in [-0.4, -0.2) is 54.2 Å². The summed E-state index contributed by atoms with van der Waals surface area (Å²) in [5.41, 5.74) is 3.57. The van der Waals surface area contributed by atoms with Crippen molar-refractivity contribution in [3.05, 3.63) is 107 Å². The van der Waals surface area contributed by atoms with E-state index in [9.17, 15) is 18.0 Å². The molecule has 0 bridgehead atoms. The van der Waals surface area contributed by atoms with E-state index in [4.69, 9.17) is 0 Å². The van der Waals surface area contributed by atoms with Crippen LogP contribution in [0.15, 0.2) is 84.9 Å². The van der Waals surface area contributed by atoms with Gasteiger partial charge in [0.05, 0.1) is 11.1 Å². The van der Waals surface area contributed by atoms with Gasteiger partial charge in [0.1, 0.15) is 11.7 Å². The summed E-state index contributed by atoms with van der Waals surface area (Å²) in [6.07, 6.45) is 2.31. The number of thiol groups is 1. The highest BCUT2D eigenvalue weighted by atomic mass is 32.2. The SMILES string of the molecule is CN1C(=O)[C@@]2(C)C[C@]3(C4=CCc5ccccc54)c4ccccc4N([SH](=O)=O)[C@@H]3N2C(=O)[C@@H]1SCc1ccccc1. The van der Waals surface area contributed by atoms with Crippen LogP contribution in [0.3, 0.4) is 0 Å². The molecule has 3 aromatic rings. The lowest BCUT2D eigenvalue weighted by Crippen LogP contribution is -2.69. The van der Waals surface area contributed by atoms with E-state index in [2.05, 4.69) is 18.2 Å². The number of allylic oxidation sites excluding steroid dienone is 1. The van der Waals surface area contributed by atoms with Crippen LogP contribution in [0, 0.1) is 0 Å². The number of piperazine rings is 1. The molecule has 204 valence electrons. The molecule has 0 spiro atoms. The molecule has 2 saturated heterocycles. The van der Waals surface area contributed by atoms with Crippen molar-refractivity contribution < 1.29 is 18.0 Å². The molecule has 9 heteroatoms. The molecule has 3 aromatic carbocycles. The molecule has 40 heavy (non-hydrogen) atoms. The molecule has 2 amide bonds. The molecule has 3 heterocycles. The van der Waals surface area contributed by atoms with Crippen LogP contribution in [-0.2, 0) is 38.1 Å². The zero-order valence-corrected chi connectivity index (χ0v) is 23.9. The lowest BCUT2D eigenvalue weighted by atomic mass is 9.68. The summed E-state index contributed by atoms with van der Waals surface area (Å²) in [6, 6.07) is 25.5. The average molecular weight is 572 g/mol. The van der Waals surface area contributed by atoms with Crippen molar-refractivity contribution >= 4 is 45.7 Å². The Morgan fingerprint density at radius 1 is 0.950 bits per heavy atom. The Balaban J connectivity index is 1.41. The van der Waals surface area contributed by atoms with Crippen LogP contribution in [0.2, 0.25) is 0 Å². The van der Waals surface area contributed by atoms with E-state index in [1.54, 1.807) is 16.8 Å². The van der Waals surface area contributed by atoms with Crippen LogP contribution in [0.5, 0.6) is 0 Å². The van der Waals surface area contributed by atoms with Gasteiger partial charge in [0.2, 0.25) is 16.8 Å². The molecule has 7 nitrogen and oxygen atoms in total. The fourth-order valence-electron chi connectivity index (χ4n) is 7.45. The number of amides is 2. The van der Waals surface area contributed by atoms with Gasteiger partial charge in [-0.05, 0) is 53.7 Å². The van der Waals surface area contributed by atoms with Crippen LogP contribution >= 0.6 is 11.8 Å². The second kappa shape index (κ2) is 8.97. The number of fused-ring (bicyclic) bond motifs is 6. The normalized spacial score (nSPS) is 28.5. The first-order valence-corrected chi connectivity index (χ1v) is 15.5. The molecule has 2 fully saturated rings. The molecule has 4 aliphatic rings. The van der Waals surface area contributed by atoms with Crippen molar-refractivity contribution in [2.45, 2.75) is 48.0 Å². The minimum absolute atomic E-state index is 0.170. The topological polar surface area (TPSA) is 78.0 Å². The molecule has 7 rings (SSSR count). The second-order valence-corrected chi connectivity index (χ2v) is 13.1. The summed E-state index contributed by atoms with van der Waals surface area (Å²) in [7, 11) is -1.42. The summed E-state index contributed by atoms with van der Waals surface area (Å²) in [5.74, 6) is 0.142. The van der Waals surface area contributed by atoms with Crippen LogP contribution in [0.4, 0.5) is 5.69 Å². The molecule has 0 aromatic heterocycles. The van der Waals surface area contributed by atoms with Gasteiger partial charge >= 0.3 is 0 Å². The Kier molecular flexibility index (Phi) is 5.70. The third kappa shape index (κ3) is 3.28. The molecule has 0 unspecified atom stereocenters. The Hall–Kier alpha value is -3.56. The van der Waals surface area contributed by atoms with Gasteiger partial charge in [0, 0.05) is 12.8 Å². The fourth-order valence-corrected chi connectivity index (χ4v) is 9.40. The maximum atomic E-state index is 14.5. The standard InChI is InChI=1S/C31H29N3O4S2/c1-30-19-31(23-17-16-21-12-6-7-13-22(21)23)24-14-8-9-15-25(24)34(40(37)38)28(31)33(30)26(35)27(32(2)29(30)36)39-18-20-10-4-3-5-11-20/h3-15,17,27-28,40H,16,18-19H2,1-2H3/t27-,28-,30+,31-/m0/s1. The lowest BCUT2D eigenvalue weighted by molar-refractivity contribution is -0.162. The first kappa shape index (κ1) is 25.4. The number of hydrogen-bond donors (Lipinski definition) is 1. The molecular formula is C31H29N3O4S2. The first-order chi connectivity index (χ1) is 19.3. The second-order valence-electron chi connectivity index (χ2n) is 11.1. The number of thioether (sulfide) groups is 1. The zero-order chi connectivity index (χ0) is 27.8. The van der Waals surface area contributed by atoms with Crippen molar-refractivity contribution in [2.24, 2.45) is 0 Å². The Morgan fingerprint density at radius 2 is 1.65 bits per heavy atom. The first-order valence-electron chi connectivity index (χ1n) is 13.4. The average Bonchev–Trinajstić information content (AvgIpc) is 3.59. The van der Waals surface area contributed by atoms with Crippen LogP contribution < -0.4 is 4.31 Å². The minimum atomic E-state index is -3.11. The number of rotatable bonds is 5. The quantitative estimate of drug-likeness (QED) is 0.470. The highest BCUT2D eigenvalue weighted by Gasteiger charge is 2.72. The third-order valence-corrected chi connectivity index (χ3v) is 11.1. The van der Waals surface area contributed by atoms with E-state index >= 15 is 0 Å². The van der Waals surface area contributed by atoms with Crippen molar-refractivity contribution in [3.63, 3.8) is 0 Å². The van der Waals surface area contributed by atoms with E-state index in [0.717, 1.165) is 34.2 Å². The van der Waals surface area contributed by atoms with Crippen molar-refractivity contribution in [2.75, 3.05) is 11.4 Å². The van der Waals surface area contributed by atoms with Gasteiger partial charge in [-0.1, -0.05) is 78.9 Å². The predicted octanol–water partition coefficient (Wildman–Crippen LogP) is 3.96. The van der Waals surface area contributed by atoms with E-state index in [1.807, 2.05) is 73.7 Å². The molecule has 0 radical (unpaired) electrons. The molecule has 0 N–H and O–H groups in total. The van der Waals surface area contributed by atoms with E-state index in [-0.39, 0.29) is 11.8 Å². The molecule has 0 saturated carbocycles. The van der Waals surface area contributed by atoms with E-state index in [1.165, 1.54) is 16.1 Å². The maximum Gasteiger partial charge on any atom is 0.258 e. The third-order valence-electron chi connectivity index (χ3n) is 9.03. The van der Waals surface area contributed by atoms with Gasteiger partial charge in [-0.2, -0.15) is 0 Å². The Morgan fingerprint density at radius 3 is 2.42 bits per heavy atom. The highest BCUT2D eigenvalue weighted by Crippen LogP contribution is 2.64. The Bertz CT molecular complexity index is 1660. The molecular weight excluding hydrogens is 542 g/mol. The number of likely N-dealkylation sites (N-methyl/N-ethyl adjacent to an activating group) is 1. The lowest BCUT2D eigenvalue weighted by Gasteiger charge is -2.48.